The maximum Gasteiger partial charge on any atom is 0.129 e. The largest absolute Gasteiger partial charge is 0.309 e. The smallest absolute Gasteiger partial charge is 0.129 e. The van der Waals surface area contributed by atoms with E-state index in [1.54, 1.807) is 12.1 Å². The zero-order chi connectivity index (χ0) is 13.4. The van der Waals surface area contributed by atoms with Crippen LogP contribution in [0, 0.1) is 5.82 Å². The van der Waals surface area contributed by atoms with E-state index in [9.17, 15) is 4.39 Å². The second-order valence-electron chi connectivity index (χ2n) is 4.25. The Bertz CT molecular complexity index is 360. The monoisotopic (exact) mass is 289 g/mol. The van der Waals surface area contributed by atoms with Gasteiger partial charge in [-0.1, -0.05) is 31.5 Å². The van der Waals surface area contributed by atoms with Crippen LogP contribution in [0.5, 0.6) is 0 Å². The summed E-state index contributed by atoms with van der Waals surface area (Å²) in [6.07, 6.45) is 2.19. The van der Waals surface area contributed by atoms with Crippen molar-refractivity contribution in [3.8, 4) is 0 Å². The molecule has 1 nitrogen and oxygen atoms in total. The minimum absolute atomic E-state index is 0.0683. The van der Waals surface area contributed by atoms with Gasteiger partial charge in [0.05, 0.1) is 0 Å². The Labute approximate surface area is 118 Å². The molecule has 18 heavy (non-hydrogen) atoms. The van der Waals surface area contributed by atoms with Crippen LogP contribution in [0.1, 0.15) is 38.3 Å². The molecule has 0 amide bonds. The second-order valence-corrected chi connectivity index (χ2v) is 5.83. The molecule has 0 spiro atoms. The minimum Gasteiger partial charge on any atom is -0.309 e. The normalized spacial score (nSPS) is 12.7. The van der Waals surface area contributed by atoms with Gasteiger partial charge in [0.25, 0.3) is 0 Å². The minimum atomic E-state index is -0.215. The van der Waals surface area contributed by atoms with E-state index in [1.807, 2.05) is 11.8 Å². The third kappa shape index (κ3) is 5.17. The fourth-order valence-corrected chi connectivity index (χ4v) is 2.85. The Balaban J connectivity index is 2.73. The summed E-state index contributed by atoms with van der Waals surface area (Å²) >= 11 is 7.64. The third-order valence-electron chi connectivity index (χ3n) is 2.61. The van der Waals surface area contributed by atoms with Crippen molar-refractivity contribution in [2.75, 3.05) is 18.1 Å². The quantitative estimate of drug-likeness (QED) is 0.698. The van der Waals surface area contributed by atoms with Crippen LogP contribution < -0.4 is 5.32 Å². The van der Waals surface area contributed by atoms with Crippen molar-refractivity contribution < 1.29 is 4.39 Å². The maximum atomic E-state index is 13.9. The van der Waals surface area contributed by atoms with Crippen molar-refractivity contribution in [3.63, 3.8) is 0 Å². The van der Waals surface area contributed by atoms with Crippen LogP contribution in [0.25, 0.3) is 0 Å². The molecule has 1 aromatic carbocycles. The SMILES string of the molecule is CCCNC(CSCCC)c1ccc(Cl)cc1F. The highest BCUT2D eigenvalue weighted by atomic mass is 35.5. The van der Waals surface area contributed by atoms with Gasteiger partial charge in [0.15, 0.2) is 0 Å². The van der Waals surface area contributed by atoms with Crippen molar-refractivity contribution in [2.45, 2.75) is 32.7 Å². The summed E-state index contributed by atoms with van der Waals surface area (Å²) < 4.78 is 13.9. The molecule has 4 heteroatoms. The number of rotatable bonds is 8. The van der Waals surface area contributed by atoms with Crippen molar-refractivity contribution in [1.29, 1.82) is 0 Å². The van der Waals surface area contributed by atoms with Crippen LogP contribution in [-0.2, 0) is 0 Å². The average Bonchev–Trinajstić information content (AvgIpc) is 2.34. The molecule has 1 atom stereocenters. The number of nitrogens with one attached hydrogen (secondary N) is 1. The molecule has 102 valence electrons. The number of hydrogen-bond acceptors (Lipinski definition) is 2. The van der Waals surface area contributed by atoms with Gasteiger partial charge >= 0.3 is 0 Å². The predicted molar refractivity (Wildman–Crippen MR) is 80.1 cm³/mol. The first kappa shape index (κ1) is 15.8. The molecule has 1 aromatic rings. The van der Waals surface area contributed by atoms with Crippen LogP contribution in [0.4, 0.5) is 4.39 Å². The van der Waals surface area contributed by atoms with E-state index in [-0.39, 0.29) is 11.9 Å². The molecule has 0 radical (unpaired) electrons. The van der Waals surface area contributed by atoms with Crippen molar-refractivity contribution in [3.05, 3.63) is 34.6 Å². The lowest BCUT2D eigenvalue weighted by molar-refractivity contribution is 0.532. The summed E-state index contributed by atoms with van der Waals surface area (Å²) in [5, 5.41) is 3.85. The van der Waals surface area contributed by atoms with Gasteiger partial charge in [0, 0.05) is 22.4 Å². The summed E-state index contributed by atoms with van der Waals surface area (Å²) in [6, 6.07) is 5.00. The molecule has 1 rings (SSSR count). The van der Waals surface area contributed by atoms with Crippen molar-refractivity contribution in [2.24, 2.45) is 0 Å². The Morgan fingerprint density at radius 2 is 2.11 bits per heavy atom. The van der Waals surface area contributed by atoms with Gasteiger partial charge in [-0.2, -0.15) is 11.8 Å². The molecule has 0 aliphatic rings. The fourth-order valence-electron chi connectivity index (χ4n) is 1.71. The zero-order valence-electron chi connectivity index (χ0n) is 11.0. The lowest BCUT2D eigenvalue weighted by Crippen LogP contribution is -2.25. The highest BCUT2D eigenvalue weighted by Gasteiger charge is 2.15. The molecule has 0 saturated carbocycles. The molecule has 1 unspecified atom stereocenters. The van der Waals surface area contributed by atoms with E-state index >= 15 is 0 Å². The fraction of sp³-hybridized carbons (Fsp3) is 0.571. The molecule has 0 bridgehead atoms. The first-order chi connectivity index (χ1) is 8.69. The van der Waals surface area contributed by atoms with Gasteiger partial charge in [-0.15, -0.1) is 0 Å². The average molecular weight is 290 g/mol. The lowest BCUT2D eigenvalue weighted by atomic mass is 10.1. The lowest BCUT2D eigenvalue weighted by Gasteiger charge is -2.19. The maximum absolute atomic E-state index is 13.9. The number of halogens is 2. The topological polar surface area (TPSA) is 12.0 Å². The molecule has 0 aromatic heterocycles. The van der Waals surface area contributed by atoms with Gasteiger partial charge in [-0.3, -0.25) is 0 Å². The zero-order valence-corrected chi connectivity index (χ0v) is 12.6. The van der Waals surface area contributed by atoms with Crippen LogP contribution in [0.2, 0.25) is 5.02 Å². The van der Waals surface area contributed by atoms with Crippen LogP contribution >= 0.6 is 23.4 Å². The standard InChI is InChI=1S/C14H21ClFNS/c1-3-7-17-14(10-18-8-4-2)12-6-5-11(15)9-13(12)16/h5-6,9,14,17H,3-4,7-8,10H2,1-2H3. The number of hydrogen-bond donors (Lipinski definition) is 1. The molecule has 1 N–H and O–H groups in total. The van der Waals surface area contributed by atoms with Gasteiger partial charge in [0.1, 0.15) is 5.82 Å². The van der Waals surface area contributed by atoms with Crippen LogP contribution in [0.3, 0.4) is 0 Å². The van der Waals surface area contributed by atoms with Gasteiger partial charge in [-0.25, -0.2) is 4.39 Å². The highest BCUT2D eigenvalue weighted by molar-refractivity contribution is 7.99. The molecule has 0 heterocycles. The highest BCUT2D eigenvalue weighted by Crippen LogP contribution is 2.24. The van der Waals surface area contributed by atoms with E-state index in [2.05, 4.69) is 19.2 Å². The van der Waals surface area contributed by atoms with Crippen molar-refractivity contribution >= 4 is 23.4 Å². The van der Waals surface area contributed by atoms with Crippen molar-refractivity contribution in [1.82, 2.24) is 5.32 Å². The summed E-state index contributed by atoms with van der Waals surface area (Å²) in [6.45, 7) is 5.17. The van der Waals surface area contributed by atoms with E-state index < -0.39 is 0 Å². The second kappa shape index (κ2) is 8.78. The molecule has 0 saturated heterocycles. The molecular formula is C14H21ClFNS. The number of benzene rings is 1. The molecule has 0 fully saturated rings. The Hall–Kier alpha value is -0.250. The first-order valence-electron chi connectivity index (χ1n) is 6.45. The van der Waals surface area contributed by atoms with Gasteiger partial charge < -0.3 is 5.32 Å². The van der Waals surface area contributed by atoms with E-state index in [4.69, 9.17) is 11.6 Å². The third-order valence-corrected chi connectivity index (χ3v) is 4.11. The molecular weight excluding hydrogens is 269 g/mol. The summed E-state index contributed by atoms with van der Waals surface area (Å²) in [5.74, 6) is 1.79. The summed E-state index contributed by atoms with van der Waals surface area (Å²) in [4.78, 5) is 0. The first-order valence-corrected chi connectivity index (χ1v) is 7.98. The van der Waals surface area contributed by atoms with Crippen LogP contribution in [-0.4, -0.2) is 18.1 Å². The Kier molecular flexibility index (Phi) is 7.71. The van der Waals surface area contributed by atoms with Crippen LogP contribution in [0.15, 0.2) is 18.2 Å². The molecule has 0 aliphatic heterocycles. The van der Waals surface area contributed by atoms with Gasteiger partial charge in [0.2, 0.25) is 0 Å². The van der Waals surface area contributed by atoms with E-state index in [1.165, 1.54) is 6.07 Å². The molecule has 0 aliphatic carbocycles. The Morgan fingerprint density at radius 1 is 1.33 bits per heavy atom. The Morgan fingerprint density at radius 3 is 2.72 bits per heavy atom. The predicted octanol–water partition coefficient (Wildman–Crippen LogP) is 4.66. The summed E-state index contributed by atoms with van der Waals surface area (Å²) in [5.41, 5.74) is 0.719. The van der Waals surface area contributed by atoms with E-state index in [0.717, 1.165) is 36.5 Å². The van der Waals surface area contributed by atoms with E-state index in [0.29, 0.717) is 5.02 Å². The summed E-state index contributed by atoms with van der Waals surface area (Å²) in [7, 11) is 0. The van der Waals surface area contributed by atoms with Gasteiger partial charge in [-0.05, 0) is 37.3 Å². The number of thioether (sulfide) groups is 1.